The third-order valence-electron chi connectivity index (χ3n) is 2.37. The predicted molar refractivity (Wildman–Crippen MR) is 75.4 cm³/mol. The summed E-state index contributed by atoms with van der Waals surface area (Å²) in [6.45, 7) is 4.26. The smallest absolute Gasteiger partial charge is 0.261 e. The molecule has 1 aromatic rings. The van der Waals surface area contributed by atoms with Gasteiger partial charge in [-0.15, -0.1) is 11.3 Å². The average molecular weight is 284 g/mol. The second-order valence-corrected chi connectivity index (χ2v) is 4.83. The summed E-state index contributed by atoms with van der Waals surface area (Å²) in [4.78, 5) is 23.7. The first-order valence-corrected chi connectivity index (χ1v) is 7.28. The van der Waals surface area contributed by atoms with Crippen LogP contribution in [0.5, 0.6) is 0 Å². The van der Waals surface area contributed by atoms with E-state index in [1.165, 1.54) is 11.3 Å². The number of carbonyl (C=O) groups is 2. The van der Waals surface area contributed by atoms with Gasteiger partial charge in [-0.1, -0.05) is 6.07 Å². The molecule has 106 valence electrons. The monoisotopic (exact) mass is 284 g/mol. The number of amides is 2. The van der Waals surface area contributed by atoms with Crippen LogP contribution < -0.4 is 10.6 Å². The molecule has 0 aliphatic heterocycles. The van der Waals surface area contributed by atoms with Crippen molar-refractivity contribution in [2.45, 2.75) is 19.8 Å². The standard InChI is InChI=1S/C13H20N2O3S/c1-2-18-9-4-7-14-12(16)6-8-15-13(17)11-5-3-10-19-11/h3,5,10H,2,4,6-9H2,1H3,(H,14,16)(H,15,17). The Morgan fingerprint density at radius 3 is 2.84 bits per heavy atom. The van der Waals surface area contributed by atoms with E-state index in [4.69, 9.17) is 4.74 Å². The molecule has 0 aromatic carbocycles. The first-order chi connectivity index (χ1) is 9.24. The number of hydrogen-bond donors (Lipinski definition) is 2. The Balaban J connectivity index is 2.02. The molecular weight excluding hydrogens is 264 g/mol. The van der Waals surface area contributed by atoms with E-state index in [-0.39, 0.29) is 11.8 Å². The van der Waals surface area contributed by atoms with Gasteiger partial charge in [0.05, 0.1) is 4.88 Å². The minimum atomic E-state index is -0.126. The summed E-state index contributed by atoms with van der Waals surface area (Å²) in [5.74, 6) is -0.179. The van der Waals surface area contributed by atoms with Crippen molar-refractivity contribution in [1.82, 2.24) is 10.6 Å². The van der Waals surface area contributed by atoms with E-state index in [0.29, 0.717) is 37.6 Å². The largest absolute Gasteiger partial charge is 0.382 e. The van der Waals surface area contributed by atoms with Gasteiger partial charge in [0.25, 0.3) is 5.91 Å². The van der Waals surface area contributed by atoms with Gasteiger partial charge in [0, 0.05) is 32.7 Å². The quantitative estimate of drug-likeness (QED) is 0.674. The molecule has 6 heteroatoms. The van der Waals surface area contributed by atoms with E-state index in [1.54, 1.807) is 6.07 Å². The molecule has 2 amide bonds. The van der Waals surface area contributed by atoms with Crippen molar-refractivity contribution in [1.29, 1.82) is 0 Å². The van der Waals surface area contributed by atoms with E-state index in [1.807, 2.05) is 18.4 Å². The molecular formula is C13H20N2O3S. The molecule has 0 spiro atoms. The zero-order valence-electron chi connectivity index (χ0n) is 11.1. The molecule has 1 heterocycles. The number of nitrogens with one attached hydrogen (secondary N) is 2. The minimum absolute atomic E-state index is 0.0528. The van der Waals surface area contributed by atoms with E-state index < -0.39 is 0 Å². The lowest BCUT2D eigenvalue weighted by Gasteiger charge is -2.06. The zero-order valence-corrected chi connectivity index (χ0v) is 11.9. The summed E-state index contributed by atoms with van der Waals surface area (Å²) in [5.41, 5.74) is 0. The highest BCUT2D eigenvalue weighted by molar-refractivity contribution is 7.12. The molecule has 19 heavy (non-hydrogen) atoms. The maximum absolute atomic E-state index is 11.6. The van der Waals surface area contributed by atoms with Crippen molar-refractivity contribution in [2.75, 3.05) is 26.3 Å². The molecule has 0 radical (unpaired) electrons. The lowest BCUT2D eigenvalue weighted by atomic mass is 10.3. The van der Waals surface area contributed by atoms with Crippen LogP contribution in [0, 0.1) is 0 Å². The summed E-state index contributed by atoms with van der Waals surface area (Å²) in [6.07, 6.45) is 1.10. The summed E-state index contributed by atoms with van der Waals surface area (Å²) >= 11 is 1.38. The Morgan fingerprint density at radius 1 is 1.32 bits per heavy atom. The Morgan fingerprint density at radius 2 is 2.16 bits per heavy atom. The number of hydrogen-bond acceptors (Lipinski definition) is 4. The summed E-state index contributed by atoms with van der Waals surface area (Å²) in [7, 11) is 0. The van der Waals surface area contributed by atoms with Gasteiger partial charge >= 0.3 is 0 Å². The maximum Gasteiger partial charge on any atom is 0.261 e. The van der Waals surface area contributed by atoms with Crippen LogP contribution in [0.2, 0.25) is 0 Å². The third-order valence-corrected chi connectivity index (χ3v) is 3.24. The first kappa shape index (κ1) is 15.7. The molecule has 0 aliphatic rings. The molecule has 0 saturated heterocycles. The van der Waals surface area contributed by atoms with Gasteiger partial charge in [0.15, 0.2) is 0 Å². The molecule has 1 aromatic heterocycles. The fraction of sp³-hybridized carbons (Fsp3) is 0.538. The number of carbonyl (C=O) groups excluding carboxylic acids is 2. The second kappa shape index (κ2) is 9.52. The molecule has 2 N–H and O–H groups in total. The molecule has 5 nitrogen and oxygen atoms in total. The lowest BCUT2D eigenvalue weighted by molar-refractivity contribution is -0.120. The van der Waals surface area contributed by atoms with Crippen LogP contribution in [0.1, 0.15) is 29.4 Å². The highest BCUT2D eigenvalue weighted by Gasteiger charge is 2.06. The molecule has 0 aliphatic carbocycles. The van der Waals surface area contributed by atoms with Crippen LogP contribution in [-0.4, -0.2) is 38.1 Å². The zero-order chi connectivity index (χ0) is 13.9. The van der Waals surface area contributed by atoms with Crippen LogP contribution in [0.3, 0.4) is 0 Å². The van der Waals surface area contributed by atoms with Gasteiger partial charge in [-0.05, 0) is 24.8 Å². The van der Waals surface area contributed by atoms with Gasteiger partial charge in [-0.25, -0.2) is 0 Å². The van der Waals surface area contributed by atoms with Gasteiger partial charge < -0.3 is 15.4 Å². The lowest BCUT2D eigenvalue weighted by Crippen LogP contribution is -2.31. The number of thiophene rings is 1. The molecule has 0 saturated carbocycles. The number of ether oxygens (including phenoxy) is 1. The Labute approximate surface area is 117 Å². The first-order valence-electron chi connectivity index (χ1n) is 6.40. The van der Waals surface area contributed by atoms with Crippen molar-refractivity contribution in [2.24, 2.45) is 0 Å². The number of rotatable bonds is 9. The fourth-order valence-electron chi connectivity index (χ4n) is 1.42. The SMILES string of the molecule is CCOCCCNC(=O)CCNC(=O)c1cccs1. The third kappa shape index (κ3) is 6.93. The fourth-order valence-corrected chi connectivity index (χ4v) is 2.06. The molecule has 0 fully saturated rings. The van der Waals surface area contributed by atoms with Crippen LogP contribution >= 0.6 is 11.3 Å². The molecule has 0 unspecified atom stereocenters. The van der Waals surface area contributed by atoms with E-state index in [9.17, 15) is 9.59 Å². The van der Waals surface area contributed by atoms with Crippen molar-refractivity contribution in [3.8, 4) is 0 Å². The van der Waals surface area contributed by atoms with E-state index in [2.05, 4.69) is 10.6 Å². The van der Waals surface area contributed by atoms with Crippen LogP contribution in [-0.2, 0) is 9.53 Å². The minimum Gasteiger partial charge on any atom is -0.382 e. The average Bonchev–Trinajstić information content (AvgIpc) is 2.92. The van der Waals surface area contributed by atoms with Crippen LogP contribution in [0.15, 0.2) is 17.5 Å². The van der Waals surface area contributed by atoms with Gasteiger partial charge in [-0.2, -0.15) is 0 Å². The van der Waals surface area contributed by atoms with Gasteiger partial charge in [0.2, 0.25) is 5.91 Å². The van der Waals surface area contributed by atoms with Crippen molar-refractivity contribution in [3.05, 3.63) is 22.4 Å². The van der Waals surface area contributed by atoms with Crippen molar-refractivity contribution in [3.63, 3.8) is 0 Å². The Hall–Kier alpha value is -1.40. The maximum atomic E-state index is 11.6. The summed E-state index contributed by atoms with van der Waals surface area (Å²) < 4.78 is 5.16. The predicted octanol–water partition coefficient (Wildman–Crippen LogP) is 1.41. The molecule has 0 atom stereocenters. The molecule has 1 rings (SSSR count). The Bertz CT molecular complexity index is 379. The van der Waals surface area contributed by atoms with Gasteiger partial charge in [-0.3, -0.25) is 9.59 Å². The Kier molecular flexibility index (Phi) is 7.84. The summed E-state index contributed by atoms with van der Waals surface area (Å²) in [5, 5.41) is 7.34. The molecule has 0 bridgehead atoms. The van der Waals surface area contributed by atoms with Crippen molar-refractivity contribution >= 4 is 23.2 Å². The topological polar surface area (TPSA) is 67.4 Å². The van der Waals surface area contributed by atoms with Crippen LogP contribution in [0.4, 0.5) is 0 Å². The van der Waals surface area contributed by atoms with Crippen LogP contribution in [0.25, 0.3) is 0 Å². The summed E-state index contributed by atoms with van der Waals surface area (Å²) in [6, 6.07) is 3.58. The van der Waals surface area contributed by atoms with E-state index in [0.717, 1.165) is 6.42 Å². The normalized spacial score (nSPS) is 10.2. The highest BCUT2D eigenvalue weighted by atomic mass is 32.1. The highest BCUT2D eigenvalue weighted by Crippen LogP contribution is 2.07. The van der Waals surface area contributed by atoms with Gasteiger partial charge in [0.1, 0.15) is 0 Å². The second-order valence-electron chi connectivity index (χ2n) is 3.88. The van der Waals surface area contributed by atoms with Crippen molar-refractivity contribution < 1.29 is 14.3 Å². The van der Waals surface area contributed by atoms with E-state index >= 15 is 0 Å².